The van der Waals surface area contributed by atoms with E-state index < -0.39 is 0 Å². The Hall–Kier alpha value is -1.96. The summed E-state index contributed by atoms with van der Waals surface area (Å²) in [4.78, 5) is 0. The first-order valence-corrected chi connectivity index (χ1v) is 6.21. The minimum atomic E-state index is 0.242. The predicted molar refractivity (Wildman–Crippen MR) is 73.1 cm³/mol. The van der Waals surface area contributed by atoms with E-state index in [2.05, 4.69) is 31.2 Å². The molecular weight excluding hydrogens is 224 g/mol. The average molecular weight is 242 g/mol. The van der Waals surface area contributed by atoms with Gasteiger partial charge in [-0.1, -0.05) is 35.9 Å². The van der Waals surface area contributed by atoms with E-state index in [0.717, 1.165) is 18.6 Å². The Labute approximate surface area is 108 Å². The van der Waals surface area contributed by atoms with Gasteiger partial charge in [0.25, 0.3) is 0 Å². The summed E-state index contributed by atoms with van der Waals surface area (Å²) in [7, 11) is 0. The summed E-state index contributed by atoms with van der Waals surface area (Å²) < 4.78 is 5.58. The van der Waals surface area contributed by atoms with Gasteiger partial charge in [-0.05, 0) is 37.5 Å². The molecule has 2 rings (SSSR count). The molecule has 0 unspecified atom stereocenters. The summed E-state index contributed by atoms with van der Waals surface area (Å²) in [6.07, 6.45) is 1.99. The van der Waals surface area contributed by atoms with Gasteiger partial charge in [0.1, 0.15) is 11.5 Å². The van der Waals surface area contributed by atoms with E-state index >= 15 is 0 Å². The second kappa shape index (κ2) is 6.10. The zero-order valence-electron chi connectivity index (χ0n) is 10.6. The Balaban J connectivity index is 1.76. The second-order valence-corrected chi connectivity index (χ2v) is 4.44. The van der Waals surface area contributed by atoms with Gasteiger partial charge in [0.05, 0.1) is 6.61 Å². The molecule has 2 nitrogen and oxygen atoms in total. The van der Waals surface area contributed by atoms with Gasteiger partial charge < -0.3 is 9.84 Å². The number of phenols is 1. The van der Waals surface area contributed by atoms with Crippen molar-refractivity contribution in [3.8, 4) is 11.5 Å². The quantitative estimate of drug-likeness (QED) is 0.810. The van der Waals surface area contributed by atoms with Gasteiger partial charge in [-0.3, -0.25) is 0 Å². The fourth-order valence-electron chi connectivity index (χ4n) is 1.91. The highest BCUT2D eigenvalue weighted by atomic mass is 16.5. The van der Waals surface area contributed by atoms with Crippen LogP contribution in [0.4, 0.5) is 0 Å². The molecule has 0 aliphatic carbocycles. The van der Waals surface area contributed by atoms with Crippen LogP contribution in [0, 0.1) is 6.92 Å². The van der Waals surface area contributed by atoms with Gasteiger partial charge in [-0.2, -0.15) is 0 Å². The van der Waals surface area contributed by atoms with E-state index in [9.17, 15) is 5.11 Å². The number of hydrogen-bond donors (Lipinski definition) is 1. The van der Waals surface area contributed by atoms with Crippen LogP contribution in [0.1, 0.15) is 17.5 Å². The van der Waals surface area contributed by atoms with Crippen LogP contribution in [0.5, 0.6) is 11.5 Å². The minimum Gasteiger partial charge on any atom is -0.508 e. The van der Waals surface area contributed by atoms with Gasteiger partial charge in [0.15, 0.2) is 0 Å². The Morgan fingerprint density at radius 3 is 2.67 bits per heavy atom. The highest BCUT2D eigenvalue weighted by Crippen LogP contribution is 2.18. The average Bonchev–Trinajstić information content (AvgIpc) is 2.35. The zero-order chi connectivity index (χ0) is 12.8. The van der Waals surface area contributed by atoms with Crippen LogP contribution in [0.3, 0.4) is 0 Å². The van der Waals surface area contributed by atoms with Gasteiger partial charge in [-0.25, -0.2) is 0 Å². The topological polar surface area (TPSA) is 29.5 Å². The number of aryl methyl sites for hydroxylation is 2. The molecule has 0 aliphatic rings. The van der Waals surface area contributed by atoms with Gasteiger partial charge >= 0.3 is 0 Å². The molecule has 0 radical (unpaired) electrons. The van der Waals surface area contributed by atoms with Crippen LogP contribution in [0.2, 0.25) is 0 Å². The summed E-state index contributed by atoms with van der Waals surface area (Å²) in [6.45, 7) is 2.77. The molecule has 0 saturated heterocycles. The first-order valence-electron chi connectivity index (χ1n) is 6.21. The Morgan fingerprint density at radius 2 is 1.89 bits per heavy atom. The number of benzene rings is 2. The molecule has 0 saturated carbocycles. The number of aromatic hydroxyl groups is 1. The van der Waals surface area contributed by atoms with Crippen molar-refractivity contribution in [3.63, 3.8) is 0 Å². The summed E-state index contributed by atoms with van der Waals surface area (Å²) in [5.74, 6) is 0.963. The van der Waals surface area contributed by atoms with Crippen LogP contribution >= 0.6 is 0 Å². The van der Waals surface area contributed by atoms with Crippen molar-refractivity contribution in [2.75, 3.05) is 6.61 Å². The Morgan fingerprint density at radius 1 is 1.06 bits per heavy atom. The lowest BCUT2D eigenvalue weighted by Gasteiger charge is -2.06. The summed E-state index contributed by atoms with van der Waals surface area (Å²) >= 11 is 0. The van der Waals surface area contributed by atoms with E-state index in [4.69, 9.17) is 4.74 Å². The van der Waals surface area contributed by atoms with Crippen molar-refractivity contribution in [1.29, 1.82) is 0 Å². The monoisotopic (exact) mass is 242 g/mol. The van der Waals surface area contributed by atoms with E-state index in [1.54, 1.807) is 18.2 Å². The predicted octanol–water partition coefficient (Wildman–Crippen LogP) is 3.71. The van der Waals surface area contributed by atoms with Crippen LogP contribution in [0.15, 0.2) is 48.5 Å². The molecule has 1 N–H and O–H groups in total. The molecule has 2 aromatic rings. The second-order valence-electron chi connectivity index (χ2n) is 4.44. The molecule has 0 bridgehead atoms. The van der Waals surface area contributed by atoms with E-state index in [1.165, 1.54) is 11.1 Å². The number of phenolic OH excluding ortho intramolecular Hbond substituents is 1. The van der Waals surface area contributed by atoms with Gasteiger partial charge in [-0.15, -0.1) is 0 Å². The third kappa shape index (κ3) is 3.81. The number of rotatable bonds is 5. The zero-order valence-corrected chi connectivity index (χ0v) is 10.6. The highest BCUT2D eigenvalue weighted by molar-refractivity contribution is 5.31. The summed E-state index contributed by atoms with van der Waals surface area (Å²) in [5, 5.41) is 9.30. The number of ether oxygens (including phenoxy) is 1. The third-order valence-corrected chi connectivity index (χ3v) is 2.78. The maximum Gasteiger partial charge on any atom is 0.122 e. The normalized spacial score (nSPS) is 10.3. The largest absolute Gasteiger partial charge is 0.508 e. The maximum absolute atomic E-state index is 9.30. The smallest absolute Gasteiger partial charge is 0.122 e. The number of hydrogen-bond acceptors (Lipinski definition) is 2. The molecule has 2 heteroatoms. The highest BCUT2D eigenvalue weighted by Gasteiger charge is 1.97. The molecule has 0 heterocycles. The molecule has 2 aromatic carbocycles. The minimum absolute atomic E-state index is 0.242. The Kier molecular flexibility index (Phi) is 4.24. The fourth-order valence-corrected chi connectivity index (χ4v) is 1.91. The Bertz CT molecular complexity index is 458. The molecule has 0 fully saturated rings. The van der Waals surface area contributed by atoms with Crippen molar-refractivity contribution in [2.45, 2.75) is 19.8 Å². The lowest BCUT2D eigenvalue weighted by atomic mass is 10.1. The summed E-state index contributed by atoms with van der Waals surface area (Å²) in [6, 6.07) is 15.4. The standard InChI is InChI=1S/C16H18O2/c1-13-5-2-6-14(11-13)7-4-10-18-16-9-3-8-15(17)12-16/h2-3,5-6,8-9,11-12,17H,4,7,10H2,1H3. The molecule has 0 atom stereocenters. The molecule has 0 amide bonds. The SMILES string of the molecule is Cc1cccc(CCCOc2cccc(O)c2)c1. The maximum atomic E-state index is 9.30. The van der Waals surface area contributed by atoms with Crippen molar-refractivity contribution < 1.29 is 9.84 Å². The molecular formula is C16H18O2. The molecule has 0 aliphatic heterocycles. The lowest BCUT2D eigenvalue weighted by Crippen LogP contribution is -1.99. The van der Waals surface area contributed by atoms with Crippen molar-refractivity contribution in [1.82, 2.24) is 0 Å². The fraction of sp³-hybridized carbons (Fsp3) is 0.250. The van der Waals surface area contributed by atoms with Crippen LogP contribution < -0.4 is 4.74 Å². The summed E-state index contributed by atoms with van der Waals surface area (Å²) in [5.41, 5.74) is 2.64. The molecule has 18 heavy (non-hydrogen) atoms. The van der Waals surface area contributed by atoms with E-state index in [0.29, 0.717) is 6.61 Å². The van der Waals surface area contributed by atoms with Gasteiger partial charge in [0, 0.05) is 6.07 Å². The lowest BCUT2D eigenvalue weighted by molar-refractivity contribution is 0.309. The van der Waals surface area contributed by atoms with Crippen LogP contribution in [-0.2, 0) is 6.42 Å². The van der Waals surface area contributed by atoms with Crippen LogP contribution in [-0.4, -0.2) is 11.7 Å². The first-order chi connectivity index (χ1) is 8.74. The molecule has 94 valence electrons. The molecule has 0 aromatic heterocycles. The molecule has 0 spiro atoms. The third-order valence-electron chi connectivity index (χ3n) is 2.78. The van der Waals surface area contributed by atoms with E-state index in [1.807, 2.05) is 6.07 Å². The van der Waals surface area contributed by atoms with Gasteiger partial charge in [0.2, 0.25) is 0 Å². The van der Waals surface area contributed by atoms with Crippen molar-refractivity contribution in [2.24, 2.45) is 0 Å². The van der Waals surface area contributed by atoms with Crippen molar-refractivity contribution >= 4 is 0 Å². The van der Waals surface area contributed by atoms with E-state index in [-0.39, 0.29) is 5.75 Å². The van der Waals surface area contributed by atoms with Crippen molar-refractivity contribution in [3.05, 3.63) is 59.7 Å². The van der Waals surface area contributed by atoms with Crippen LogP contribution in [0.25, 0.3) is 0 Å². The first kappa shape index (κ1) is 12.5.